The quantitative estimate of drug-likeness (QED) is 0.497. The molecule has 0 heterocycles. The van der Waals surface area contributed by atoms with Gasteiger partial charge in [-0.25, -0.2) is 0 Å². The van der Waals surface area contributed by atoms with Crippen molar-refractivity contribution in [1.82, 2.24) is 0 Å². The SMILES string of the molecule is CC12C=CC(=O)CC1(C)C2. The van der Waals surface area contributed by atoms with Crippen LogP contribution in [0, 0.1) is 10.8 Å². The van der Waals surface area contributed by atoms with Crippen LogP contribution in [0.3, 0.4) is 0 Å². The first kappa shape index (κ1) is 6.14. The summed E-state index contributed by atoms with van der Waals surface area (Å²) in [7, 11) is 0. The van der Waals surface area contributed by atoms with E-state index in [1.165, 1.54) is 6.42 Å². The van der Waals surface area contributed by atoms with Gasteiger partial charge in [-0.3, -0.25) is 4.79 Å². The number of ketones is 1. The van der Waals surface area contributed by atoms with Gasteiger partial charge < -0.3 is 0 Å². The highest BCUT2D eigenvalue weighted by molar-refractivity contribution is 5.92. The van der Waals surface area contributed by atoms with Crippen LogP contribution < -0.4 is 0 Å². The van der Waals surface area contributed by atoms with Gasteiger partial charge in [0.15, 0.2) is 5.78 Å². The van der Waals surface area contributed by atoms with Crippen LogP contribution >= 0.6 is 0 Å². The number of hydrogen-bond acceptors (Lipinski definition) is 1. The summed E-state index contributed by atoms with van der Waals surface area (Å²) in [5, 5.41) is 0. The van der Waals surface area contributed by atoms with Crippen molar-refractivity contribution in [3.05, 3.63) is 12.2 Å². The maximum atomic E-state index is 11.0. The van der Waals surface area contributed by atoms with E-state index in [1.807, 2.05) is 0 Å². The van der Waals surface area contributed by atoms with Gasteiger partial charge in [0.25, 0.3) is 0 Å². The fraction of sp³-hybridized carbons (Fsp3) is 0.667. The first-order valence-corrected chi connectivity index (χ1v) is 3.78. The summed E-state index contributed by atoms with van der Waals surface area (Å²) in [6.45, 7) is 4.43. The van der Waals surface area contributed by atoms with E-state index in [0.29, 0.717) is 16.6 Å². The molecule has 1 heteroatoms. The maximum absolute atomic E-state index is 11.0. The molecule has 1 fully saturated rings. The van der Waals surface area contributed by atoms with Crippen molar-refractivity contribution >= 4 is 5.78 Å². The monoisotopic (exact) mass is 136 g/mol. The summed E-state index contributed by atoms with van der Waals surface area (Å²) >= 11 is 0. The summed E-state index contributed by atoms with van der Waals surface area (Å²) in [5.74, 6) is 0.303. The zero-order valence-electron chi connectivity index (χ0n) is 6.48. The average Bonchev–Trinajstić information content (AvgIpc) is 2.33. The zero-order chi connectivity index (χ0) is 7.41. The highest BCUT2D eigenvalue weighted by Crippen LogP contribution is 2.67. The maximum Gasteiger partial charge on any atom is 0.155 e. The van der Waals surface area contributed by atoms with E-state index in [-0.39, 0.29) is 0 Å². The van der Waals surface area contributed by atoms with E-state index in [9.17, 15) is 4.79 Å². The second-order valence-electron chi connectivity index (χ2n) is 4.13. The number of hydrogen-bond donors (Lipinski definition) is 0. The third kappa shape index (κ3) is 0.556. The molecule has 0 aromatic heterocycles. The normalized spacial score (nSPS) is 50.8. The number of carbonyl (C=O) groups is 1. The van der Waals surface area contributed by atoms with Gasteiger partial charge >= 0.3 is 0 Å². The van der Waals surface area contributed by atoms with Crippen LogP contribution in [0.1, 0.15) is 26.7 Å². The largest absolute Gasteiger partial charge is 0.295 e. The minimum atomic E-state index is 0.303. The molecule has 0 amide bonds. The summed E-state index contributed by atoms with van der Waals surface area (Å²) in [6, 6.07) is 0. The Morgan fingerprint density at radius 2 is 2.20 bits per heavy atom. The molecule has 2 aliphatic carbocycles. The molecule has 2 unspecified atom stereocenters. The lowest BCUT2D eigenvalue weighted by Crippen LogP contribution is -2.14. The van der Waals surface area contributed by atoms with Crippen molar-refractivity contribution in [2.75, 3.05) is 0 Å². The Bertz CT molecular complexity index is 229. The van der Waals surface area contributed by atoms with Gasteiger partial charge in [0, 0.05) is 6.42 Å². The molecule has 54 valence electrons. The molecule has 0 saturated heterocycles. The van der Waals surface area contributed by atoms with Gasteiger partial charge in [-0.05, 0) is 23.3 Å². The predicted molar refractivity (Wildman–Crippen MR) is 39.6 cm³/mol. The van der Waals surface area contributed by atoms with Gasteiger partial charge in [0.2, 0.25) is 0 Å². The van der Waals surface area contributed by atoms with Crippen molar-refractivity contribution in [2.24, 2.45) is 10.8 Å². The Balaban J connectivity index is 2.35. The molecular weight excluding hydrogens is 124 g/mol. The molecule has 0 aromatic rings. The molecule has 0 spiro atoms. The van der Waals surface area contributed by atoms with E-state index in [1.54, 1.807) is 6.08 Å². The molecule has 1 saturated carbocycles. The lowest BCUT2D eigenvalue weighted by Gasteiger charge is -2.17. The molecule has 0 radical (unpaired) electrons. The Labute approximate surface area is 61.1 Å². The van der Waals surface area contributed by atoms with Crippen LogP contribution in [0.4, 0.5) is 0 Å². The van der Waals surface area contributed by atoms with E-state index in [2.05, 4.69) is 19.9 Å². The minimum Gasteiger partial charge on any atom is -0.295 e. The van der Waals surface area contributed by atoms with Gasteiger partial charge in [-0.15, -0.1) is 0 Å². The highest BCUT2D eigenvalue weighted by Gasteiger charge is 2.60. The predicted octanol–water partition coefficient (Wildman–Crippen LogP) is 1.93. The molecular formula is C9H12O. The average molecular weight is 136 g/mol. The second kappa shape index (κ2) is 1.36. The molecule has 10 heavy (non-hydrogen) atoms. The van der Waals surface area contributed by atoms with Crippen molar-refractivity contribution < 1.29 is 4.79 Å². The molecule has 0 bridgehead atoms. The molecule has 2 rings (SSSR count). The topological polar surface area (TPSA) is 17.1 Å². The minimum absolute atomic E-state index is 0.303. The summed E-state index contributed by atoms with van der Waals surface area (Å²) < 4.78 is 0. The van der Waals surface area contributed by atoms with E-state index < -0.39 is 0 Å². The third-order valence-electron chi connectivity index (χ3n) is 3.21. The van der Waals surface area contributed by atoms with Crippen LogP contribution in [0.2, 0.25) is 0 Å². The van der Waals surface area contributed by atoms with Crippen LogP contribution in [-0.2, 0) is 4.79 Å². The van der Waals surface area contributed by atoms with Crippen LogP contribution in [0.15, 0.2) is 12.2 Å². The van der Waals surface area contributed by atoms with E-state index in [0.717, 1.165) is 6.42 Å². The van der Waals surface area contributed by atoms with Gasteiger partial charge in [0.05, 0.1) is 0 Å². The smallest absolute Gasteiger partial charge is 0.155 e. The molecule has 0 aliphatic heterocycles. The van der Waals surface area contributed by atoms with Gasteiger partial charge in [-0.1, -0.05) is 19.9 Å². The molecule has 0 N–H and O–H groups in total. The van der Waals surface area contributed by atoms with Crippen LogP contribution in [0.25, 0.3) is 0 Å². The Morgan fingerprint density at radius 3 is 2.70 bits per heavy atom. The Hall–Kier alpha value is -0.590. The lowest BCUT2D eigenvalue weighted by molar-refractivity contribution is -0.116. The van der Waals surface area contributed by atoms with E-state index in [4.69, 9.17) is 0 Å². The van der Waals surface area contributed by atoms with Crippen LogP contribution in [-0.4, -0.2) is 5.78 Å². The van der Waals surface area contributed by atoms with Crippen molar-refractivity contribution in [3.8, 4) is 0 Å². The van der Waals surface area contributed by atoms with Crippen molar-refractivity contribution in [1.29, 1.82) is 0 Å². The summed E-state index contributed by atoms with van der Waals surface area (Å²) in [5.41, 5.74) is 0.680. The number of carbonyl (C=O) groups excluding carboxylic acids is 1. The van der Waals surface area contributed by atoms with Gasteiger partial charge in [-0.2, -0.15) is 0 Å². The van der Waals surface area contributed by atoms with Crippen molar-refractivity contribution in [3.63, 3.8) is 0 Å². The molecule has 1 nitrogen and oxygen atoms in total. The Morgan fingerprint density at radius 1 is 1.50 bits per heavy atom. The molecule has 0 aromatic carbocycles. The number of allylic oxidation sites excluding steroid dienone is 2. The Kier molecular flexibility index (Phi) is 0.837. The number of fused-ring (bicyclic) bond motifs is 1. The van der Waals surface area contributed by atoms with Gasteiger partial charge in [0.1, 0.15) is 0 Å². The number of rotatable bonds is 0. The fourth-order valence-electron chi connectivity index (χ4n) is 2.01. The molecule has 2 atom stereocenters. The van der Waals surface area contributed by atoms with Crippen molar-refractivity contribution in [2.45, 2.75) is 26.7 Å². The zero-order valence-corrected chi connectivity index (χ0v) is 6.48. The van der Waals surface area contributed by atoms with Crippen LogP contribution in [0.5, 0.6) is 0 Å². The first-order chi connectivity index (χ1) is 4.56. The lowest BCUT2D eigenvalue weighted by atomic mass is 9.86. The fourth-order valence-corrected chi connectivity index (χ4v) is 2.01. The summed E-state index contributed by atoms with van der Waals surface area (Å²) in [6.07, 6.45) is 5.79. The van der Waals surface area contributed by atoms with E-state index >= 15 is 0 Å². The summed E-state index contributed by atoms with van der Waals surface area (Å²) in [4.78, 5) is 11.0. The second-order valence-corrected chi connectivity index (χ2v) is 4.13. The highest BCUT2D eigenvalue weighted by atomic mass is 16.1. The molecule has 2 aliphatic rings. The first-order valence-electron chi connectivity index (χ1n) is 3.78. The standard InChI is InChI=1S/C9H12O/c1-8-4-3-7(10)5-9(8,2)6-8/h3-4H,5-6H2,1-2H3. The third-order valence-corrected chi connectivity index (χ3v) is 3.21.